The number of carboxylic acids is 1. The highest BCUT2D eigenvalue weighted by atomic mass is 16.6. The molecule has 0 saturated heterocycles. The lowest BCUT2D eigenvalue weighted by atomic mass is 9.98. The van der Waals surface area contributed by atoms with Crippen LogP contribution in [-0.4, -0.2) is 78.2 Å². The molecule has 0 heterocycles. The van der Waals surface area contributed by atoms with Gasteiger partial charge in [0.2, 0.25) is 17.7 Å². The smallest absolute Gasteiger partial charge is 0.407 e. The monoisotopic (exact) mass is 624 g/mol. The minimum atomic E-state index is -1.23. The Morgan fingerprint density at radius 1 is 0.844 bits per heavy atom. The van der Waals surface area contributed by atoms with Gasteiger partial charge in [0, 0.05) is 25.3 Å². The van der Waals surface area contributed by atoms with Gasteiger partial charge in [-0.2, -0.15) is 0 Å². The van der Waals surface area contributed by atoms with Crippen LogP contribution in [0, 0.1) is 0 Å². The number of amides is 4. The van der Waals surface area contributed by atoms with Crippen LogP contribution in [-0.2, 0) is 33.4 Å². The van der Waals surface area contributed by atoms with Gasteiger partial charge in [-0.25, -0.2) is 4.79 Å². The Kier molecular flexibility index (Phi) is 12.0. The van der Waals surface area contributed by atoms with Crippen LogP contribution in [0.25, 0.3) is 11.1 Å². The first kappa shape index (κ1) is 34.5. The first-order chi connectivity index (χ1) is 21.2. The van der Waals surface area contributed by atoms with Crippen LogP contribution < -0.4 is 21.3 Å². The Bertz CT molecular complexity index is 1370. The van der Waals surface area contributed by atoms with Gasteiger partial charge in [0.15, 0.2) is 0 Å². The molecule has 1 aliphatic carbocycles. The summed E-state index contributed by atoms with van der Waals surface area (Å²) in [6.45, 7) is 5.92. The topological polar surface area (TPSA) is 189 Å². The average Bonchev–Trinajstić information content (AvgIpc) is 3.29. The maximum Gasteiger partial charge on any atom is 0.407 e. The molecule has 13 nitrogen and oxygen atoms in total. The first-order valence-corrected chi connectivity index (χ1v) is 14.6. The summed E-state index contributed by atoms with van der Waals surface area (Å²) in [4.78, 5) is 73.2. The van der Waals surface area contributed by atoms with E-state index in [2.05, 4.69) is 21.3 Å². The maximum absolute atomic E-state index is 13.2. The number of esters is 1. The van der Waals surface area contributed by atoms with Crippen LogP contribution in [0.1, 0.15) is 64.0 Å². The Labute approximate surface area is 261 Å². The number of carboxylic acid groups (broad SMARTS) is 1. The lowest BCUT2D eigenvalue weighted by Gasteiger charge is -2.23. The highest BCUT2D eigenvalue weighted by Gasteiger charge is 2.31. The van der Waals surface area contributed by atoms with Crippen molar-refractivity contribution in [3.8, 4) is 11.1 Å². The van der Waals surface area contributed by atoms with Crippen LogP contribution in [0.4, 0.5) is 4.79 Å². The van der Waals surface area contributed by atoms with Gasteiger partial charge in [-0.05, 0) is 56.4 Å². The highest BCUT2D eigenvalue weighted by molar-refractivity contribution is 5.91. The second-order valence-electron chi connectivity index (χ2n) is 11.6. The van der Waals surface area contributed by atoms with Crippen LogP contribution in [0.3, 0.4) is 0 Å². The number of fused-ring (bicyclic) bond motifs is 3. The highest BCUT2D eigenvalue weighted by Crippen LogP contribution is 2.44. The van der Waals surface area contributed by atoms with Gasteiger partial charge in [0.05, 0.1) is 0 Å². The number of nitrogens with one attached hydrogen (secondary N) is 4. The zero-order valence-corrected chi connectivity index (χ0v) is 25.8. The number of ether oxygens (including phenoxy) is 2. The van der Waals surface area contributed by atoms with E-state index in [-0.39, 0.29) is 38.3 Å². The third-order valence-corrected chi connectivity index (χ3v) is 6.85. The Morgan fingerprint density at radius 2 is 1.44 bits per heavy atom. The summed E-state index contributed by atoms with van der Waals surface area (Å²) in [7, 11) is 0. The van der Waals surface area contributed by atoms with E-state index in [1.54, 1.807) is 20.8 Å². The van der Waals surface area contributed by atoms with Crippen LogP contribution in [0.5, 0.6) is 0 Å². The summed E-state index contributed by atoms with van der Waals surface area (Å²) in [5.74, 6) is -3.87. The largest absolute Gasteiger partial charge is 0.480 e. The molecule has 0 saturated carbocycles. The third kappa shape index (κ3) is 10.6. The fourth-order valence-corrected chi connectivity index (χ4v) is 4.80. The molecule has 0 aromatic heterocycles. The molecule has 0 fully saturated rings. The number of carbonyl (C=O) groups excluding carboxylic acids is 5. The van der Waals surface area contributed by atoms with Crippen molar-refractivity contribution in [1.29, 1.82) is 0 Å². The number of aliphatic carboxylic acids is 1. The number of benzene rings is 2. The zero-order valence-electron chi connectivity index (χ0n) is 25.8. The van der Waals surface area contributed by atoms with E-state index < -0.39 is 60.0 Å². The standard InChI is InChI=1S/C32H40N4O9/c1-19(29(41)33-16-15-26(37)34-17-27(38)39)35-30(42)25(13-14-28(40)45-32(2,3)4)36-31(43)44-18-24-22-11-7-5-9-20(22)21-10-6-8-12-23(21)24/h5-12,19,24-25H,13-18H2,1-4H3,(H,33,41)(H,34,37)(H,35,42)(H,36,43)(H,38,39)/t19-,25-/m0/s1. The predicted molar refractivity (Wildman–Crippen MR) is 163 cm³/mol. The maximum atomic E-state index is 13.2. The van der Waals surface area contributed by atoms with Crippen LogP contribution in [0.2, 0.25) is 0 Å². The molecule has 2 aromatic carbocycles. The molecule has 3 rings (SSSR count). The molecular formula is C32H40N4O9. The SMILES string of the molecule is C[C@H](NC(=O)[C@H](CCC(=O)OC(C)(C)C)NC(=O)OCC1c2ccccc2-c2ccccc21)C(=O)NCCC(=O)NCC(=O)O. The molecule has 4 amide bonds. The number of hydrogen-bond acceptors (Lipinski definition) is 8. The quantitative estimate of drug-likeness (QED) is 0.196. The van der Waals surface area contributed by atoms with Crippen molar-refractivity contribution < 1.29 is 43.3 Å². The number of hydrogen-bond donors (Lipinski definition) is 5. The van der Waals surface area contributed by atoms with E-state index in [1.165, 1.54) is 6.92 Å². The molecule has 45 heavy (non-hydrogen) atoms. The van der Waals surface area contributed by atoms with Crippen molar-refractivity contribution in [3.05, 3.63) is 59.7 Å². The van der Waals surface area contributed by atoms with Crippen LogP contribution in [0.15, 0.2) is 48.5 Å². The number of carbonyl (C=O) groups is 6. The summed E-state index contributed by atoms with van der Waals surface area (Å²) in [5.41, 5.74) is 3.41. The Balaban J connectivity index is 1.60. The molecule has 5 N–H and O–H groups in total. The fraction of sp³-hybridized carbons (Fsp3) is 0.438. The van der Waals surface area contributed by atoms with Gasteiger partial charge in [-0.15, -0.1) is 0 Å². The van der Waals surface area contributed by atoms with Gasteiger partial charge < -0.3 is 35.8 Å². The van der Waals surface area contributed by atoms with Crippen molar-refractivity contribution in [1.82, 2.24) is 21.3 Å². The molecule has 0 unspecified atom stereocenters. The third-order valence-electron chi connectivity index (χ3n) is 6.85. The molecule has 0 radical (unpaired) electrons. The van der Waals surface area contributed by atoms with Gasteiger partial charge in [0.1, 0.15) is 30.8 Å². The molecule has 2 atom stereocenters. The first-order valence-electron chi connectivity index (χ1n) is 14.6. The van der Waals surface area contributed by atoms with Crippen molar-refractivity contribution >= 4 is 35.8 Å². The average molecular weight is 625 g/mol. The molecular weight excluding hydrogens is 584 g/mol. The number of alkyl carbamates (subject to hydrolysis) is 1. The van der Waals surface area contributed by atoms with E-state index in [4.69, 9.17) is 14.6 Å². The molecule has 2 aromatic rings. The predicted octanol–water partition coefficient (Wildman–Crippen LogP) is 2.23. The number of rotatable bonds is 14. The zero-order chi connectivity index (χ0) is 33.1. The van der Waals surface area contributed by atoms with E-state index in [0.29, 0.717) is 0 Å². The van der Waals surface area contributed by atoms with Crippen LogP contribution >= 0.6 is 0 Å². The van der Waals surface area contributed by atoms with Gasteiger partial charge in [-0.1, -0.05) is 48.5 Å². The van der Waals surface area contributed by atoms with E-state index in [0.717, 1.165) is 22.3 Å². The molecule has 0 bridgehead atoms. The summed E-state index contributed by atoms with van der Waals surface area (Å²) >= 11 is 0. The van der Waals surface area contributed by atoms with E-state index in [1.807, 2.05) is 48.5 Å². The molecule has 13 heteroatoms. The molecule has 0 spiro atoms. The second kappa shape index (κ2) is 15.7. The summed E-state index contributed by atoms with van der Waals surface area (Å²) in [5, 5.41) is 18.3. The van der Waals surface area contributed by atoms with Gasteiger partial charge in [-0.3, -0.25) is 24.0 Å². The second-order valence-corrected chi connectivity index (χ2v) is 11.6. The molecule has 242 valence electrons. The Morgan fingerprint density at radius 3 is 2.02 bits per heavy atom. The Hall–Kier alpha value is -4.94. The van der Waals surface area contributed by atoms with Gasteiger partial charge in [0.25, 0.3) is 0 Å². The summed E-state index contributed by atoms with van der Waals surface area (Å²) < 4.78 is 10.9. The molecule has 0 aliphatic heterocycles. The summed E-state index contributed by atoms with van der Waals surface area (Å²) in [6.07, 6.45) is -1.35. The minimum Gasteiger partial charge on any atom is -0.480 e. The minimum absolute atomic E-state index is 0.0130. The lowest BCUT2D eigenvalue weighted by molar-refractivity contribution is -0.155. The van der Waals surface area contributed by atoms with E-state index >= 15 is 0 Å². The van der Waals surface area contributed by atoms with Crippen molar-refractivity contribution in [2.24, 2.45) is 0 Å². The normalized spacial score (nSPS) is 13.3. The fourth-order valence-electron chi connectivity index (χ4n) is 4.80. The van der Waals surface area contributed by atoms with E-state index in [9.17, 15) is 28.8 Å². The van der Waals surface area contributed by atoms with Crippen molar-refractivity contribution in [2.75, 3.05) is 19.7 Å². The molecule has 1 aliphatic rings. The van der Waals surface area contributed by atoms with Crippen molar-refractivity contribution in [3.63, 3.8) is 0 Å². The van der Waals surface area contributed by atoms with Gasteiger partial charge >= 0.3 is 18.0 Å². The summed E-state index contributed by atoms with van der Waals surface area (Å²) in [6, 6.07) is 13.4. The van der Waals surface area contributed by atoms with Crippen molar-refractivity contribution in [2.45, 2.75) is 70.6 Å². The lowest BCUT2D eigenvalue weighted by Crippen LogP contribution is -2.53.